The standard InChI is InChI=1S/C42H28N6.C2H6/c1-3-8-20-19(2)43-31-16-26-34(13-23(20)31)46-40-37(26)41-39(28-18-33-24(14-35(28)47-41)21-9-4-6-11-29(21)45-33)42-38(40)27-17-32-25(15-36(27)48-42)22-10-5-7-12-30(22)44-32;1-2/h3-18,43-48H,1-2H3;1-2H3/b8-3-;. The summed E-state index contributed by atoms with van der Waals surface area (Å²) in [6, 6.07) is 31.1. The number of aromatic nitrogens is 6. The summed E-state index contributed by atoms with van der Waals surface area (Å²) in [5.74, 6) is 0. The Morgan fingerprint density at radius 1 is 0.400 bits per heavy atom. The summed E-state index contributed by atoms with van der Waals surface area (Å²) in [6.07, 6.45) is 4.32. The van der Waals surface area contributed by atoms with Crippen molar-refractivity contribution in [3.05, 3.63) is 102 Å². The van der Waals surface area contributed by atoms with Gasteiger partial charge in [-0.25, -0.2) is 0 Å². The summed E-state index contributed by atoms with van der Waals surface area (Å²) >= 11 is 0. The molecule has 0 fully saturated rings. The van der Waals surface area contributed by atoms with Crippen molar-refractivity contribution in [3.8, 4) is 0 Å². The fourth-order valence-corrected chi connectivity index (χ4v) is 8.84. The van der Waals surface area contributed by atoms with Gasteiger partial charge in [0, 0.05) is 115 Å². The zero-order chi connectivity index (χ0) is 33.4. The number of hydrogen-bond acceptors (Lipinski definition) is 0. The van der Waals surface area contributed by atoms with Crippen molar-refractivity contribution in [1.82, 2.24) is 29.9 Å². The number of nitrogens with one attached hydrogen (secondary N) is 6. The van der Waals surface area contributed by atoms with E-state index in [4.69, 9.17) is 0 Å². The van der Waals surface area contributed by atoms with E-state index in [-0.39, 0.29) is 0 Å². The van der Waals surface area contributed by atoms with Gasteiger partial charge in [0.25, 0.3) is 0 Å². The Kier molecular flexibility index (Phi) is 5.29. The fraction of sp³-hybridized carbons (Fsp3) is 0.0909. The van der Waals surface area contributed by atoms with Crippen molar-refractivity contribution in [3.63, 3.8) is 0 Å². The molecule has 0 aliphatic rings. The largest absolute Gasteiger partial charge is 0.358 e. The maximum Gasteiger partial charge on any atom is 0.0588 e. The molecule has 0 aliphatic heterocycles. The lowest BCUT2D eigenvalue weighted by atomic mass is 10.0. The normalized spacial score (nSPS) is 12.7. The second-order valence-electron chi connectivity index (χ2n) is 13.5. The van der Waals surface area contributed by atoms with Crippen molar-refractivity contribution >= 4 is 126 Å². The summed E-state index contributed by atoms with van der Waals surface area (Å²) in [4.78, 5) is 22.9. The second kappa shape index (κ2) is 9.61. The van der Waals surface area contributed by atoms with E-state index in [1.165, 1.54) is 70.5 Å². The molecule has 0 radical (unpaired) electrons. The summed E-state index contributed by atoms with van der Waals surface area (Å²) in [6.45, 7) is 8.23. The Labute approximate surface area is 285 Å². The molecule has 0 amide bonds. The molecule has 0 atom stereocenters. The smallest absolute Gasteiger partial charge is 0.0588 e. The third-order valence-electron chi connectivity index (χ3n) is 10.9. The lowest BCUT2D eigenvalue weighted by Gasteiger charge is -2.01. The third-order valence-corrected chi connectivity index (χ3v) is 10.9. The average Bonchev–Trinajstić information content (AvgIpc) is 3.97. The van der Waals surface area contributed by atoms with Gasteiger partial charge in [0.15, 0.2) is 0 Å². The molecule has 6 N–H and O–H groups in total. The highest BCUT2D eigenvalue weighted by molar-refractivity contribution is 6.40. The molecule has 0 unspecified atom stereocenters. The number of aryl methyl sites for hydroxylation is 1. The van der Waals surface area contributed by atoms with Gasteiger partial charge >= 0.3 is 0 Å². The van der Waals surface area contributed by atoms with E-state index >= 15 is 0 Å². The number of aromatic amines is 6. The SMILES string of the molecule is C/C=C\c1c(C)[nH]c2cc3c(cc12)[nH]c1c3c2[nH]c3cc4c(cc3c2c2[nH]c3cc5c(cc3c12)[nH]c1ccccc15)[nH]c1ccccc14.CC. The van der Waals surface area contributed by atoms with Crippen LogP contribution in [0.2, 0.25) is 0 Å². The maximum atomic E-state index is 3.94. The monoisotopic (exact) mass is 646 g/mol. The van der Waals surface area contributed by atoms with E-state index in [0.717, 1.165) is 60.7 Å². The molecule has 6 nitrogen and oxygen atoms in total. The number of hydrogen-bond donors (Lipinski definition) is 6. The van der Waals surface area contributed by atoms with E-state index in [2.05, 4.69) is 141 Å². The Hall–Kier alpha value is -6.40. The van der Waals surface area contributed by atoms with Crippen molar-refractivity contribution in [2.24, 2.45) is 0 Å². The molecule has 6 heteroatoms. The lowest BCUT2D eigenvalue weighted by molar-refractivity contribution is 1.29. The van der Waals surface area contributed by atoms with Crippen LogP contribution < -0.4 is 0 Å². The number of rotatable bonds is 1. The average molecular weight is 647 g/mol. The number of H-pyrrole nitrogens is 6. The van der Waals surface area contributed by atoms with Gasteiger partial charge in [0.1, 0.15) is 0 Å². The van der Waals surface area contributed by atoms with Crippen molar-refractivity contribution in [2.45, 2.75) is 27.7 Å². The van der Waals surface area contributed by atoms with Crippen molar-refractivity contribution < 1.29 is 0 Å². The molecule has 0 saturated carbocycles. The van der Waals surface area contributed by atoms with Crippen molar-refractivity contribution in [2.75, 3.05) is 0 Å². The first-order chi connectivity index (χ1) is 24.6. The predicted octanol–water partition coefficient (Wildman–Crippen LogP) is 12.7. The summed E-state index contributed by atoms with van der Waals surface area (Å²) < 4.78 is 0. The van der Waals surface area contributed by atoms with Gasteiger partial charge < -0.3 is 29.9 Å². The minimum absolute atomic E-state index is 1.13. The molecule has 12 rings (SSSR count). The van der Waals surface area contributed by atoms with Crippen LogP contribution in [0.1, 0.15) is 32.0 Å². The van der Waals surface area contributed by atoms with E-state index in [1.807, 2.05) is 13.8 Å². The van der Waals surface area contributed by atoms with Gasteiger partial charge in [-0.1, -0.05) is 62.4 Å². The Bertz CT molecular complexity index is 3420. The topological polar surface area (TPSA) is 94.7 Å². The predicted molar refractivity (Wildman–Crippen MR) is 216 cm³/mol. The van der Waals surface area contributed by atoms with Crippen molar-refractivity contribution in [1.29, 1.82) is 0 Å². The third kappa shape index (κ3) is 3.37. The van der Waals surface area contributed by atoms with Crippen LogP contribution >= 0.6 is 0 Å². The van der Waals surface area contributed by atoms with E-state index < -0.39 is 0 Å². The molecule has 240 valence electrons. The molecular weight excluding hydrogens is 613 g/mol. The first-order valence-electron chi connectivity index (χ1n) is 17.6. The van der Waals surface area contributed by atoms with Gasteiger partial charge in [0.2, 0.25) is 0 Å². The Morgan fingerprint density at radius 3 is 1.24 bits per heavy atom. The number of para-hydroxylation sites is 2. The molecule has 6 heterocycles. The minimum atomic E-state index is 1.13. The second-order valence-corrected chi connectivity index (χ2v) is 13.5. The van der Waals surface area contributed by atoms with Gasteiger partial charge in [-0.2, -0.15) is 0 Å². The Balaban J connectivity index is 0.00000148. The minimum Gasteiger partial charge on any atom is -0.358 e. The van der Waals surface area contributed by atoms with E-state index in [1.54, 1.807) is 0 Å². The number of fused-ring (bicyclic) bond motifs is 19. The van der Waals surface area contributed by atoms with Crippen LogP contribution in [0.5, 0.6) is 0 Å². The molecule has 6 aromatic carbocycles. The number of allylic oxidation sites excluding steroid dienone is 1. The van der Waals surface area contributed by atoms with Crippen LogP contribution in [0.3, 0.4) is 0 Å². The first-order valence-corrected chi connectivity index (χ1v) is 17.6. The zero-order valence-corrected chi connectivity index (χ0v) is 28.2. The van der Waals surface area contributed by atoms with Gasteiger partial charge in [-0.15, -0.1) is 0 Å². The van der Waals surface area contributed by atoms with Crippen LogP contribution in [0.25, 0.3) is 126 Å². The van der Waals surface area contributed by atoms with Gasteiger partial charge in [-0.05, 0) is 62.4 Å². The summed E-state index contributed by atoms with van der Waals surface area (Å²) in [7, 11) is 0. The van der Waals surface area contributed by atoms with Crippen LogP contribution in [0.15, 0.2) is 91.0 Å². The quantitative estimate of drug-likeness (QED) is 0.102. The molecule has 0 spiro atoms. The molecule has 0 bridgehead atoms. The van der Waals surface area contributed by atoms with Crippen LogP contribution in [0.4, 0.5) is 0 Å². The summed E-state index contributed by atoms with van der Waals surface area (Å²) in [5.41, 5.74) is 15.0. The number of benzene rings is 6. The highest BCUT2D eigenvalue weighted by Gasteiger charge is 2.23. The molecular formula is C44H34N6. The van der Waals surface area contributed by atoms with E-state index in [9.17, 15) is 0 Å². The summed E-state index contributed by atoms with van der Waals surface area (Å²) in [5, 5.41) is 13.5. The zero-order valence-electron chi connectivity index (χ0n) is 28.2. The van der Waals surface area contributed by atoms with Crippen LogP contribution in [0, 0.1) is 6.92 Å². The molecule has 50 heavy (non-hydrogen) atoms. The van der Waals surface area contributed by atoms with E-state index in [0.29, 0.717) is 0 Å². The van der Waals surface area contributed by atoms with Crippen LogP contribution in [-0.2, 0) is 0 Å². The molecule has 6 aromatic heterocycles. The maximum absolute atomic E-state index is 3.94. The Morgan fingerprint density at radius 2 is 0.780 bits per heavy atom. The lowest BCUT2D eigenvalue weighted by Crippen LogP contribution is -1.78. The van der Waals surface area contributed by atoms with Gasteiger partial charge in [0.05, 0.1) is 16.6 Å². The molecule has 0 aliphatic carbocycles. The first kappa shape index (κ1) is 27.5. The molecule has 0 saturated heterocycles. The fourth-order valence-electron chi connectivity index (χ4n) is 8.84. The highest BCUT2D eigenvalue weighted by atomic mass is 14.8. The highest BCUT2D eigenvalue weighted by Crippen LogP contribution is 2.47. The van der Waals surface area contributed by atoms with Crippen LogP contribution in [-0.4, -0.2) is 29.9 Å². The molecule has 12 aromatic rings. The van der Waals surface area contributed by atoms with Gasteiger partial charge in [-0.3, -0.25) is 0 Å².